The lowest BCUT2D eigenvalue weighted by molar-refractivity contribution is 0.0524. The molecule has 0 atom stereocenters. The minimum absolute atomic E-state index is 0.346. The van der Waals surface area contributed by atoms with Gasteiger partial charge in [0.1, 0.15) is 0 Å². The van der Waals surface area contributed by atoms with Gasteiger partial charge in [0.2, 0.25) is 5.95 Å². The first-order valence-corrected chi connectivity index (χ1v) is 6.52. The van der Waals surface area contributed by atoms with E-state index in [1.807, 2.05) is 0 Å². The van der Waals surface area contributed by atoms with Gasteiger partial charge in [0.25, 0.3) is 0 Å². The Hall–Kier alpha value is -1.69. The molecule has 6 nitrogen and oxygen atoms in total. The van der Waals surface area contributed by atoms with Crippen molar-refractivity contribution >= 4 is 11.9 Å². The summed E-state index contributed by atoms with van der Waals surface area (Å²) in [5.41, 5.74) is 1.03. The van der Waals surface area contributed by atoms with Crippen LogP contribution in [0.4, 0.5) is 5.95 Å². The van der Waals surface area contributed by atoms with Crippen molar-refractivity contribution in [2.24, 2.45) is 0 Å². The zero-order valence-corrected chi connectivity index (χ0v) is 12.0. The number of rotatable bonds is 7. The first-order chi connectivity index (χ1) is 9.04. The molecule has 0 aromatic carbocycles. The lowest BCUT2D eigenvalue weighted by Crippen LogP contribution is -2.28. The van der Waals surface area contributed by atoms with Crippen LogP contribution in [0.25, 0.3) is 0 Å². The summed E-state index contributed by atoms with van der Waals surface area (Å²) in [6.07, 6.45) is 1.50. The molecule has 0 fully saturated rings. The molecule has 0 amide bonds. The van der Waals surface area contributed by atoms with E-state index in [-0.39, 0.29) is 5.97 Å². The highest BCUT2D eigenvalue weighted by atomic mass is 16.5. The second-order valence-corrected chi connectivity index (χ2v) is 4.45. The zero-order valence-electron chi connectivity index (χ0n) is 12.0. The molecule has 1 rings (SSSR count). The SMILES string of the molecule is CCOC(=O)c1cnc(NCCNC(C)C)nc1C. The zero-order chi connectivity index (χ0) is 14.3. The van der Waals surface area contributed by atoms with Crippen LogP contribution in [0.2, 0.25) is 0 Å². The van der Waals surface area contributed by atoms with Gasteiger partial charge in [0.15, 0.2) is 0 Å². The Balaban J connectivity index is 2.54. The maximum Gasteiger partial charge on any atom is 0.341 e. The smallest absolute Gasteiger partial charge is 0.341 e. The van der Waals surface area contributed by atoms with Gasteiger partial charge in [-0.1, -0.05) is 13.8 Å². The summed E-state index contributed by atoms with van der Waals surface area (Å²) >= 11 is 0. The molecule has 0 aliphatic rings. The van der Waals surface area contributed by atoms with Gasteiger partial charge in [-0.15, -0.1) is 0 Å². The van der Waals surface area contributed by atoms with E-state index < -0.39 is 0 Å². The highest BCUT2D eigenvalue weighted by molar-refractivity contribution is 5.90. The molecule has 0 saturated heterocycles. The van der Waals surface area contributed by atoms with Crippen molar-refractivity contribution in [3.63, 3.8) is 0 Å². The number of carbonyl (C=O) groups excluding carboxylic acids is 1. The van der Waals surface area contributed by atoms with Crippen LogP contribution in [-0.4, -0.2) is 41.7 Å². The highest BCUT2D eigenvalue weighted by Gasteiger charge is 2.12. The standard InChI is InChI=1S/C13H22N4O2/c1-5-19-12(18)11-8-16-13(17-10(11)4)15-7-6-14-9(2)3/h8-9,14H,5-7H2,1-4H3,(H,15,16,17). The van der Waals surface area contributed by atoms with Crippen molar-refractivity contribution in [3.8, 4) is 0 Å². The van der Waals surface area contributed by atoms with Gasteiger partial charge in [-0.05, 0) is 13.8 Å². The Bertz CT molecular complexity index is 421. The van der Waals surface area contributed by atoms with Crippen LogP contribution in [0.5, 0.6) is 0 Å². The average molecular weight is 266 g/mol. The third kappa shape index (κ3) is 5.21. The van der Waals surface area contributed by atoms with Gasteiger partial charge in [-0.25, -0.2) is 14.8 Å². The van der Waals surface area contributed by atoms with E-state index in [0.29, 0.717) is 29.9 Å². The first kappa shape index (κ1) is 15.4. The lowest BCUT2D eigenvalue weighted by atomic mass is 10.2. The Morgan fingerprint density at radius 2 is 2.16 bits per heavy atom. The van der Waals surface area contributed by atoms with Gasteiger partial charge < -0.3 is 15.4 Å². The highest BCUT2D eigenvalue weighted by Crippen LogP contribution is 2.08. The molecule has 1 aromatic rings. The van der Waals surface area contributed by atoms with Crippen molar-refractivity contribution in [1.29, 1.82) is 0 Å². The summed E-state index contributed by atoms with van der Waals surface area (Å²) in [6.45, 7) is 9.63. The Kier molecular flexibility index (Phi) is 6.21. The third-order valence-electron chi connectivity index (χ3n) is 2.44. The minimum atomic E-state index is -0.381. The van der Waals surface area contributed by atoms with E-state index in [1.54, 1.807) is 13.8 Å². The molecule has 0 aliphatic carbocycles. The second kappa shape index (κ2) is 7.68. The van der Waals surface area contributed by atoms with E-state index in [1.165, 1.54) is 6.20 Å². The molecule has 2 N–H and O–H groups in total. The van der Waals surface area contributed by atoms with E-state index in [4.69, 9.17) is 4.74 Å². The van der Waals surface area contributed by atoms with Crippen LogP contribution in [0.3, 0.4) is 0 Å². The van der Waals surface area contributed by atoms with Crippen molar-refractivity contribution in [2.75, 3.05) is 25.0 Å². The van der Waals surface area contributed by atoms with Crippen LogP contribution in [0.15, 0.2) is 6.20 Å². The fourth-order valence-electron chi connectivity index (χ4n) is 1.50. The number of ether oxygens (including phenoxy) is 1. The third-order valence-corrected chi connectivity index (χ3v) is 2.44. The molecule has 6 heteroatoms. The van der Waals surface area contributed by atoms with Crippen LogP contribution < -0.4 is 10.6 Å². The topological polar surface area (TPSA) is 76.1 Å². The Morgan fingerprint density at radius 1 is 1.42 bits per heavy atom. The van der Waals surface area contributed by atoms with Gasteiger partial charge in [0, 0.05) is 25.3 Å². The summed E-state index contributed by atoms with van der Waals surface area (Å²) in [5, 5.41) is 6.39. The largest absolute Gasteiger partial charge is 0.462 e. The number of hydrogen-bond donors (Lipinski definition) is 2. The number of esters is 1. The number of hydrogen-bond acceptors (Lipinski definition) is 6. The maximum absolute atomic E-state index is 11.6. The van der Waals surface area contributed by atoms with E-state index in [9.17, 15) is 4.79 Å². The monoisotopic (exact) mass is 266 g/mol. The van der Waals surface area contributed by atoms with E-state index in [2.05, 4.69) is 34.4 Å². The minimum Gasteiger partial charge on any atom is -0.462 e. The van der Waals surface area contributed by atoms with Gasteiger partial charge in [-0.2, -0.15) is 0 Å². The summed E-state index contributed by atoms with van der Waals surface area (Å²) < 4.78 is 4.92. The molecule has 0 unspecified atom stereocenters. The molecular weight excluding hydrogens is 244 g/mol. The van der Waals surface area contributed by atoms with Crippen molar-refractivity contribution in [3.05, 3.63) is 17.5 Å². The fraction of sp³-hybridized carbons (Fsp3) is 0.615. The molecule has 1 aromatic heterocycles. The van der Waals surface area contributed by atoms with Gasteiger partial charge >= 0.3 is 5.97 Å². The molecule has 1 heterocycles. The van der Waals surface area contributed by atoms with Gasteiger partial charge in [0.05, 0.1) is 17.9 Å². The fourth-order valence-corrected chi connectivity index (χ4v) is 1.50. The number of carbonyl (C=O) groups is 1. The lowest BCUT2D eigenvalue weighted by Gasteiger charge is -2.10. The van der Waals surface area contributed by atoms with Crippen molar-refractivity contribution in [2.45, 2.75) is 33.7 Å². The van der Waals surface area contributed by atoms with Crippen LogP contribution in [0, 0.1) is 6.92 Å². The van der Waals surface area contributed by atoms with Gasteiger partial charge in [-0.3, -0.25) is 0 Å². The van der Waals surface area contributed by atoms with Crippen LogP contribution >= 0.6 is 0 Å². The number of nitrogens with one attached hydrogen (secondary N) is 2. The van der Waals surface area contributed by atoms with E-state index >= 15 is 0 Å². The molecule has 0 saturated carbocycles. The number of aryl methyl sites for hydroxylation is 1. The van der Waals surface area contributed by atoms with Crippen LogP contribution in [-0.2, 0) is 4.74 Å². The summed E-state index contributed by atoms with van der Waals surface area (Å²) in [5.74, 6) is 0.143. The first-order valence-electron chi connectivity index (χ1n) is 6.52. The number of anilines is 1. The quantitative estimate of drug-likeness (QED) is 0.573. The predicted molar refractivity (Wildman–Crippen MR) is 74.4 cm³/mol. The average Bonchev–Trinajstić information content (AvgIpc) is 2.34. The van der Waals surface area contributed by atoms with Crippen LogP contribution in [0.1, 0.15) is 36.8 Å². The summed E-state index contributed by atoms with van der Waals surface area (Å²) in [6, 6.07) is 0.454. The Morgan fingerprint density at radius 3 is 2.74 bits per heavy atom. The molecule has 0 spiro atoms. The number of aromatic nitrogens is 2. The maximum atomic E-state index is 11.6. The molecular formula is C13H22N4O2. The second-order valence-electron chi connectivity index (χ2n) is 4.45. The molecule has 0 bridgehead atoms. The Labute approximate surface area is 114 Å². The predicted octanol–water partition coefficient (Wildman–Crippen LogP) is 1.37. The molecule has 0 aliphatic heterocycles. The van der Waals surface area contributed by atoms with Crippen molar-refractivity contribution in [1.82, 2.24) is 15.3 Å². The normalized spacial score (nSPS) is 10.6. The molecule has 106 valence electrons. The molecule has 0 radical (unpaired) electrons. The summed E-state index contributed by atoms with van der Waals surface area (Å²) in [7, 11) is 0. The van der Waals surface area contributed by atoms with Crippen molar-refractivity contribution < 1.29 is 9.53 Å². The van der Waals surface area contributed by atoms with E-state index in [0.717, 1.165) is 13.1 Å². The number of nitrogens with zero attached hydrogens (tertiary/aromatic N) is 2. The summed E-state index contributed by atoms with van der Waals surface area (Å²) in [4.78, 5) is 19.9. The molecule has 19 heavy (non-hydrogen) atoms.